The summed E-state index contributed by atoms with van der Waals surface area (Å²) in [6.07, 6.45) is 14.4. The Balaban J connectivity index is 0.913. The fourth-order valence-corrected chi connectivity index (χ4v) is 8.04. The smallest absolute Gasteiger partial charge is 0.253 e. The molecule has 1 atom stereocenters. The molecular weight excluding hydrogens is 574 g/mol. The molecule has 6 rings (SSSR count). The fourth-order valence-electron chi connectivity index (χ4n) is 8.04. The SMILES string of the molecule is CCc1cc(C(=O)N2CC(CCC3CCN(C(=O)c4ccccc4)CC3)C2)ccc1OC1CCN(C(=O)CC2CCCCCC2)C1. The van der Waals surface area contributed by atoms with Crippen molar-refractivity contribution in [1.29, 1.82) is 0 Å². The van der Waals surface area contributed by atoms with Gasteiger partial charge in [0, 0.05) is 56.7 Å². The normalized spacial score (nSPS) is 21.6. The van der Waals surface area contributed by atoms with Gasteiger partial charge < -0.3 is 19.4 Å². The number of carbonyl (C=O) groups is 3. The third kappa shape index (κ3) is 8.13. The molecule has 1 unspecified atom stereocenters. The van der Waals surface area contributed by atoms with Gasteiger partial charge in [-0.25, -0.2) is 0 Å². The molecule has 7 heteroatoms. The van der Waals surface area contributed by atoms with Gasteiger partial charge in [0.15, 0.2) is 0 Å². The minimum absolute atomic E-state index is 0.0117. The Hall–Kier alpha value is -3.35. The molecule has 0 bridgehead atoms. The topological polar surface area (TPSA) is 70.2 Å². The molecule has 2 aromatic carbocycles. The summed E-state index contributed by atoms with van der Waals surface area (Å²) >= 11 is 0. The fraction of sp³-hybridized carbons (Fsp3) is 0.615. The third-order valence-corrected chi connectivity index (χ3v) is 11.1. The second-order valence-electron chi connectivity index (χ2n) is 14.4. The number of ether oxygens (including phenoxy) is 1. The highest BCUT2D eigenvalue weighted by Gasteiger charge is 2.33. The third-order valence-electron chi connectivity index (χ3n) is 11.1. The van der Waals surface area contributed by atoms with E-state index in [4.69, 9.17) is 4.74 Å². The zero-order chi connectivity index (χ0) is 31.9. The molecule has 3 amide bonds. The number of nitrogens with zero attached hydrogens (tertiary/aromatic N) is 3. The van der Waals surface area contributed by atoms with Crippen molar-refractivity contribution in [2.24, 2.45) is 17.8 Å². The lowest BCUT2D eigenvalue weighted by atomic mass is 9.85. The van der Waals surface area contributed by atoms with E-state index in [2.05, 4.69) is 6.92 Å². The van der Waals surface area contributed by atoms with Gasteiger partial charge in [-0.2, -0.15) is 0 Å². The lowest BCUT2D eigenvalue weighted by Crippen LogP contribution is -2.50. The van der Waals surface area contributed by atoms with Crippen molar-refractivity contribution >= 4 is 17.7 Å². The predicted molar refractivity (Wildman–Crippen MR) is 181 cm³/mol. The van der Waals surface area contributed by atoms with Gasteiger partial charge in [0.25, 0.3) is 11.8 Å². The van der Waals surface area contributed by atoms with Crippen LogP contribution in [0.5, 0.6) is 5.75 Å². The Morgan fingerprint density at radius 2 is 1.35 bits per heavy atom. The summed E-state index contributed by atoms with van der Waals surface area (Å²) < 4.78 is 6.43. The Morgan fingerprint density at radius 3 is 2.07 bits per heavy atom. The quantitative estimate of drug-likeness (QED) is 0.266. The maximum absolute atomic E-state index is 13.3. The summed E-state index contributed by atoms with van der Waals surface area (Å²) in [6, 6.07) is 15.5. The van der Waals surface area contributed by atoms with Gasteiger partial charge in [0.05, 0.1) is 6.54 Å². The van der Waals surface area contributed by atoms with Crippen molar-refractivity contribution in [3.63, 3.8) is 0 Å². The van der Waals surface area contributed by atoms with Gasteiger partial charge in [-0.3, -0.25) is 14.4 Å². The predicted octanol–water partition coefficient (Wildman–Crippen LogP) is 6.99. The number of benzene rings is 2. The number of aryl methyl sites for hydroxylation is 1. The van der Waals surface area contributed by atoms with E-state index >= 15 is 0 Å². The Morgan fingerprint density at radius 1 is 0.674 bits per heavy atom. The lowest BCUT2D eigenvalue weighted by molar-refractivity contribution is -0.131. The van der Waals surface area contributed by atoms with E-state index in [1.54, 1.807) is 0 Å². The van der Waals surface area contributed by atoms with Crippen LogP contribution in [0.4, 0.5) is 0 Å². The number of hydrogen-bond donors (Lipinski definition) is 0. The monoisotopic (exact) mass is 627 g/mol. The van der Waals surface area contributed by atoms with Gasteiger partial charge >= 0.3 is 0 Å². The maximum atomic E-state index is 13.3. The van der Waals surface area contributed by atoms with E-state index in [9.17, 15) is 14.4 Å². The minimum Gasteiger partial charge on any atom is -0.488 e. The molecule has 7 nitrogen and oxygen atoms in total. The molecule has 46 heavy (non-hydrogen) atoms. The first-order valence-corrected chi connectivity index (χ1v) is 18.2. The summed E-state index contributed by atoms with van der Waals surface area (Å²) in [5, 5.41) is 0. The molecule has 2 aromatic rings. The molecule has 0 N–H and O–H groups in total. The number of rotatable bonds is 10. The number of amides is 3. The van der Waals surface area contributed by atoms with Crippen molar-refractivity contribution in [3.05, 3.63) is 65.2 Å². The van der Waals surface area contributed by atoms with Crippen LogP contribution in [-0.2, 0) is 11.2 Å². The Labute approximate surface area is 275 Å². The Kier molecular flexibility index (Phi) is 11.0. The van der Waals surface area contributed by atoms with E-state index < -0.39 is 0 Å². The molecule has 1 aliphatic carbocycles. The molecule has 1 saturated carbocycles. The standard InChI is InChI=1S/C39H53N3O4/c1-2-32-25-34(16-17-36(32)46-35-20-23-41(28-35)37(43)24-30-10-6-3-4-7-11-30)39(45)42-26-31(27-42)15-14-29-18-21-40(22-19-29)38(44)33-12-8-5-9-13-33/h5,8-9,12-13,16-17,25,29-31,35H,2-4,6-7,10-11,14-15,18-24,26-28H2,1H3. The van der Waals surface area contributed by atoms with E-state index in [0.29, 0.717) is 36.6 Å². The lowest BCUT2D eigenvalue weighted by Gasteiger charge is -2.40. The van der Waals surface area contributed by atoms with Crippen LogP contribution in [0.25, 0.3) is 0 Å². The van der Waals surface area contributed by atoms with Crippen LogP contribution in [0.1, 0.15) is 110 Å². The highest BCUT2D eigenvalue weighted by Crippen LogP contribution is 2.31. The number of hydrogen-bond acceptors (Lipinski definition) is 4. The molecule has 0 aromatic heterocycles. The molecule has 3 heterocycles. The van der Waals surface area contributed by atoms with E-state index in [1.165, 1.54) is 44.9 Å². The minimum atomic E-state index is 0.0117. The molecule has 4 aliphatic rings. The average Bonchev–Trinajstić information content (AvgIpc) is 3.39. The summed E-state index contributed by atoms with van der Waals surface area (Å²) in [6.45, 7) is 6.88. The van der Waals surface area contributed by atoms with Gasteiger partial charge in [-0.05, 0) is 98.6 Å². The first-order chi connectivity index (χ1) is 22.5. The summed E-state index contributed by atoms with van der Waals surface area (Å²) in [7, 11) is 0. The van der Waals surface area contributed by atoms with E-state index in [0.717, 1.165) is 87.3 Å². The van der Waals surface area contributed by atoms with E-state index in [1.807, 2.05) is 63.2 Å². The zero-order valence-corrected chi connectivity index (χ0v) is 27.8. The van der Waals surface area contributed by atoms with Crippen LogP contribution in [0.2, 0.25) is 0 Å². The molecule has 0 spiro atoms. The second-order valence-corrected chi connectivity index (χ2v) is 14.4. The van der Waals surface area contributed by atoms with Crippen molar-refractivity contribution in [3.8, 4) is 5.75 Å². The van der Waals surface area contributed by atoms with Crippen LogP contribution >= 0.6 is 0 Å². The van der Waals surface area contributed by atoms with Crippen LogP contribution in [-0.4, -0.2) is 77.8 Å². The van der Waals surface area contributed by atoms with Gasteiger partial charge in [-0.15, -0.1) is 0 Å². The highest BCUT2D eigenvalue weighted by atomic mass is 16.5. The van der Waals surface area contributed by atoms with E-state index in [-0.39, 0.29) is 17.9 Å². The van der Waals surface area contributed by atoms with Crippen molar-refractivity contribution in [2.45, 2.75) is 96.5 Å². The summed E-state index contributed by atoms with van der Waals surface area (Å²) in [5.74, 6) is 3.18. The largest absolute Gasteiger partial charge is 0.488 e. The second kappa shape index (κ2) is 15.5. The van der Waals surface area contributed by atoms with Crippen LogP contribution in [0.15, 0.2) is 48.5 Å². The Bertz CT molecular complexity index is 1320. The first kappa shape index (κ1) is 32.6. The van der Waals surface area contributed by atoms with Crippen molar-refractivity contribution in [2.75, 3.05) is 39.3 Å². The maximum Gasteiger partial charge on any atom is 0.253 e. The molecule has 248 valence electrons. The van der Waals surface area contributed by atoms with Crippen molar-refractivity contribution < 1.29 is 19.1 Å². The molecule has 4 fully saturated rings. The average molecular weight is 628 g/mol. The van der Waals surface area contributed by atoms with Crippen LogP contribution < -0.4 is 4.74 Å². The summed E-state index contributed by atoms with van der Waals surface area (Å²) in [4.78, 5) is 45.1. The van der Waals surface area contributed by atoms with Gasteiger partial charge in [-0.1, -0.05) is 50.8 Å². The first-order valence-electron chi connectivity index (χ1n) is 18.2. The zero-order valence-electron chi connectivity index (χ0n) is 27.8. The number of likely N-dealkylation sites (tertiary alicyclic amines) is 3. The van der Waals surface area contributed by atoms with Crippen LogP contribution in [0, 0.1) is 17.8 Å². The van der Waals surface area contributed by atoms with Gasteiger partial charge in [0.2, 0.25) is 5.91 Å². The molecule has 3 saturated heterocycles. The van der Waals surface area contributed by atoms with Gasteiger partial charge in [0.1, 0.15) is 11.9 Å². The number of piperidine rings is 1. The molecular formula is C39H53N3O4. The van der Waals surface area contributed by atoms with Crippen LogP contribution in [0.3, 0.4) is 0 Å². The van der Waals surface area contributed by atoms with Crippen molar-refractivity contribution in [1.82, 2.24) is 14.7 Å². The molecule has 0 radical (unpaired) electrons. The number of carbonyl (C=O) groups excluding carboxylic acids is 3. The summed E-state index contributed by atoms with van der Waals surface area (Å²) in [5.41, 5.74) is 2.58. The molecule has 3 aliphatic heterocycles. The highest BCUT2D eigenvalue weighted by molar-refractivity contribution is 5.95.